The number of Topliss-reactive ketones (excluding diaryl/α,β-unsaturated/α-hetero) is 1. The first kappa shape index (κ1) is 28.4. The van der Waals surface area contributed by atoms with Crippen molar-refractivity contribution in [2.75, 3.05) is 6.79 Å². The van der Waals surface area contributed by atoms with Crippen molar-refractivity contribution in [1.29, 1.82) is 0 Å². The zero-order valence-corrected chi connectivity index (χ0v) is 24.8. The summed E-state index contributed by atoms with van der Waals surface area (Å²) in [5, 5.41) is 0. The quantitative estimate of drug-likeness (QED) is 0.141. The minimum atomic E-state index is 0.0736. The summed E-state index contributed by atoms with van der Waals surface area (Å²) in [4.78, 5) is 19.7. The second-order valence-electron chi connectivity index (χ2n) is 11.1. The number of aromatic nitrogens is 2. The van der Waals surface area contributed by atoms with Gasteiger partial charge >= 0.3 is 0 Å². The number of benzene rings is 4. The largest absolute Gasteiger partial charge is 0.454 e. The molecule has 0 amide bonds. The van der Waals surface area contributed by atoms with Crippen molar-refractivity contribution < 1.29 is 14.3 Å². The molecule has 0 N–H and O–H groups in total. The van der Waals surface area contributed by atoms with E-state index >= 15 is 0 Å². The molecule has 0 saturated carbocycles. The number of ketones is 1. The minimum Gasteiger partial charge on any atom is -0.454 e. The van der Waals surface area contributed by atoms with E-state index < -0.39 is 0 Å². The monoisotopic (exact) mass is 571 g/mol. The van der Waals surface area contributed by atoms with Gasteiger partial charge in [0.05, 0.1) is 11.4 Å². The van der Waals surface area contributed by atoms with E-state index in [1.54, 1.807) is 6.92 Å². The molecule has 0 aliphatic carbocycles. The number of imidazole rings is 1. The van der Waals surface area contributed by atoms with Crippen LogP contribution in [0.3, 0.4) is 0 Å². The van der Waals surface area contributed by atoms with Crippen molar-refractivity contribution in [3.05, 3.63) is 126 Å². The van der Waals surface area contributed by atoms with Crippen molar-refractivity contribution in [2.45, 2.75) is 52.9 Å². The number of fused-ring (bicyclic) bond motifs is 1. The normalized spacial score (nSPS) is 12.2. The number of nitrogens with zero attached hydrogens (tertiary/aromatic N) is 3. The number of hydrogen-bond donors (Lipinski definition) is 0. The van der Waals surface area contributed by atoms with Gasteiger partial charge in [-0.3, -0.25) is 9.69 Å². The molecule has 0 saturated heterocycles. The Kier molecular flexibility index (Phi) is 8.66. The van der Waals surface area contributed by atoms with E-state index in [2.05, 4.69) is 89.2 Å². The van der Waals surface area contributed by atoms with Gasteiger partial charge in [0, 0.05) is 42.9 Å². The summed E-state index contributed by atoms with van der Waals surface area (Å²) >= 11 is 0. The predicted molar refractivity (Wildman–Crippen MR) is 170 cm³/mol. The van der Waals surface area contributed by atoms with E-state index in [1.807, 2.05) is 30.3 Å². The fourth-order valence-corrected chi connectivity index (χ4v) is 5.62. The molecule has 4 aromatic carbocycles. The summed E-state index contributed by atoms with van der Waals surface area (Å²) < 4.78 is 13.7. The van der Waals surface area contributed by atoms with Gasteiger partial charge in [0.25, 0.3) is 0 Å². The standard InChI is InChI=1S/C37H37N3O3/c1-3-4-21-40-33(36(31-11-7-5-8-12-31)38-37(40)32-13-9-6-10-14-32)25-39(23-28-15-18-30(19-16-28)27(2)41)24-29-17-20-34-35(22-29)43-26-42-34/h5-20,22H,3-4,21,23-26H2,1-2H3. The molecule has 0 bridgehead atoms. The van der Waals surface area contributed by atoms with Crippen molar-refractivity contribution >= 4 is 5.78 Å². The summed E-state index contributed by atoms with van der Waals surface area (Å²) in [6.45, 7) is 7.09. The Balaban J connectivity index is 1.43. The molecule has 1 aliphatic heterocycles. The Morgan fingerprint density at radius 1 is 0.791 bits per heavy atom. The van der Waals surface area contributed by atoms with Gasteiger partial charge in [-0.1, -0.05) is 104 Å². The zero-order valence-electron chi connectivity index (χ0n) is 24.8. The first-order chi connectivity index (χ1) is 21.1. The second kappa shape index (κ2) is 13.1. The van der Waals surface area contributed by atoms with Gasteiger partial charge in [0.15, 0.2) is 17.3 Å². The average molecular weight is 572 g/mol. The van der Waals surface area contributed by atoms with Crippen LogP contribution in [0.5, 0.6) is 11.5 Å². The molecule has 1 aromatic heterocycles. The van der Waals surface area contributed by atoms with Gasteiger partial charge in [0.1, 0.15) is 5.82 Å². The highest BCUT2D eigenvalue weighted by Gasteiger charge is 2.23. The van der Waals surface area contributed by atoms with Gasteiger partial charge in [-0.05, 0) is 36.6 Å². The molecular formula is C37H37N3O3. The molecule has 0 spiro atoms. The molecule has 43 heavy (non-hydrogen) atoms. The van der Waals surface area contributed by atoms with Crippen LogP contribution in [-0.4, -0.2) is 27.0 Å². The van der Waals surface area contributed by atoms with E-state index in [9.17, 15) is 4.79 Å². The van der Waals surface area contributed by atoms with Gasteiger partial charge in [-0.2, -0.15) is 0 Å². The maximum absolute atomic E-state index is 11.9. The highest BCUT2D eigenvalue weighted by molar-refractivity contribution is 5.94. The molecule has 218 valence electrons. The Morgan fingerprint density at radius 3 is 2.14 bits per heavy atom. The van der Waals surface area contributed by atoms with Crippen LogP contribution in [0.4, 0.5) is 0 Å². The van der Waals surface area contributed by atoms with Crippen LogP contribution in [0.15, 0.2) is 103 Å². The lowest BCUT2D eigenvalue weighted by Crippen LogP contribution is -2.24. The van der Waals surface area contributed by atoms with Crippen molar-refractivity contribution in [3.63, 3.8) is 0 Å². The summed E-state index contributed by atoms with van der Waals surface area (Å²) in [6, 6.07) is 35.1. The number of rotatable bonds is 12. The molecule has 2 heterocycles. The van der Waals surface area contributed by atoms with Gasteiger partial charge in [-0.15, -0.1) is 0 Å². The van der Waals surface area contributed by atoms with Crippen molar-refractivity contribution in [1.82, 2.24) is 14.5 Å². The Bertz CT molecular complexity index is 1680. The SMILES string of the molecule is CCCCn1c(-c2ccccc2)nc(-c2ccccc2)c1CN(Cc1ccc(C(C)=O)cc1)Cc1ccc2c(c1)OCO2. The fourth-order valence-electron chi connectivity index (χ4n) is 5.62. The van der Waals surface area contributed by atoms with E-state index in [4.69, 9.17) is 14.5 Å². The van der Waals surface area contributed by atoms with E-state index in [0.717, 1.165) is 70.2 Å². The van der Waals surface area contributed by atoms with Crippen molar-refractivity contribution in [2.24, 2.45) is 0 Å². The molecule has 6 heteroatoms. The van der Waals surface area contributed by atoms with Crippen LogP contribution >= 0.6 is 0 Å². The highest BCUT2D eigenvalue weighted by Crippen LogP contribution is 2.34. The Hall–Kier alpha value is -4.68. The number of carbonyl (C=O) groups is 1. The summed E-state index contributed by atoms with van der Waals surface area (Å²) in [5.41, 5.74) is 7.45. The number of ether oxygens (including phenoxy) is 2. The molecule has 1 aliphatic rings. The smallest absolute Gasteiger partial charge is 0.231 e. The first-order valence-corrected chi connectivity index (χ1v) is 15.0. The third-order valence-corrected chi connectivity index (χ3v) is 7.87. The number of carbonyl (C=O) groups excluding carboxylic acids is 1. The third-order valence-electron chi connectivity index (χ3n) is 7.87. The summed E-state index contributed by atoms with van der Waals surface area (Å²) in [6.07, 6.45) is 2.15. The van der Waals surface area contributed by atoms with Crippen molar-refractivity contribution in [3.8, 4) is 34.1 Å². The lowest BCUT2D eigenvalue weighted by molar-refractivity contribution is 0.101. The van der Waals surface area contributed by atoms with Crippen LogP contribution in [0.25, 0.3) is 22.6 Å². The van der Waals surface area contributed by atoms with Gasteiger partial charge < -0.3 is 14.0 Å². The highest BCUT2D eigenvalue weighted by atomic mass is 16.7. The Labute approximate surface area is 253 Å². The van der Waals surface area contributed by atoms with Crippen LogP contribution in [0.2, 0.25) is 0 Å². The lowest BCUT2D eigenvalue weighted by atomic mass is 10.1. The average Bonchev–Trinajstić information content (AvgIpc) is 3.65. The number of hydrogen-bond acceptors (Lipinski definition) is 5. The maximum atomic E-state index is 11.9. The van der Waals surface area contributed by atoms with Crippen LogP contribution < -0.4 is 9.47 Å². The summed E-state index contributed by atoms with van der Waals surface area (Å²) in [5.74, 6) is 2.64. The predicted octanol–water partition coefficient (Wildman–Crippen LogP) is 8.15. The number of unbranched alkanes of at least 4 members (excludes halogenated alkanes) is 1. The lowest BCUT2D eigenvalue weighted by Gasteiger charge is -2.25. The van der Waals surface area contributed by atoms with Crippen LogP contribution in [0, 0.1) is 0 Å². The fraction of sp³-hybridized carbons (Fsp3) is 0.243. The zero-order chi connectivity index (χ0) is 29.6. The van der Waals surface area contributed by atoms with Crippen LogP contribution in [-0.2, 0) is 26.2 Å². The molecule has 0 unspecified atom stereocenters. The van der Waals surface area contributed by atoms with Gasteiger partial charge in [0.2, 0.25) is 6.79 Å². The maximum Gasteiger partial charge on any atom is 0.231 e. The van der Waals surface area contributed by atoms with Crippen LogP contribution in [0.1, 0.15) is 53.9 Å². The van der Waals surface area contributed by atoms with E-state index in [-0.39, 0.29) is 12.6 Å². The third kappa shape index (κ3) is 6.55. The summed E-state index contributed by atoms with van der Waals surface area (Å²) in [7, 11) is 0. The molecular weight excluding hydrogens is 534 g/mol. The van der Waals surface area contributed by atoms with E-state index in [1.165, 1.54) is 5.69 Å². The topological polar surface area (TPSA) is 56.6 Å². The van der Waals surface area contributed by atoms with E-state index in [0.29, 0.717) is 19.6 Å². The second-order valence-corrected chi connectivity index (χ2v) is 11.1. The molecule has 0 radical (unpaired) electrons. The minimum absolute atomic E-state index is 0.0736. The molecule has 0 fully saturated rings. The Morgan fingerprint density at radius 2 is 1.44 bits per heavy atom. The molecule has 5 aromatic rings. The molecule has 0 atom stereocenters. The molecule has 6 nitrogen and oxygen atoms in total. The van der Waals surface area contributed by atoms with Gasteiger partial charge in [-0.25, -0.2) is 4.98 Å². The molecule has 6 rings (SSSR count). The first-order valence-electron chi connectivity index (χ1n) is 15.0.